The number of nitriles is 1. The van der Waals surface area contributed by atoms with Gasteiger partial charge in [0.25, 0.3) is 0 Å². The Kier molecular flexibility index (Phi) is 2.85. The summed E-state index contributed by atoms with van der Waals surface area (Å²) in [6, 6.07) is 3.50. The second kappa shape index (κ2) is 3.53. The molecule has 0 fully saturated rings. The topological polar surface area (TPSA) is 23.8 Å². The molecule has 0 saturated carbocycles. The fourth-order valence-corrected chi connectivity index (χ4v) is 1.61. The zero-order valence-electron chi connectivity index (χ0n) is 6.16. The monoisotopic (exact) mass is 219 g/mol. The van der Waals surface area contributed by atoms with E-state index in [1.807, 2.05) is 6.07 Å². The Balaban J connectivity index is 3.54. The van der Waals surface area contributed by atoms with E-state index in [0.717, 1.165) is 5.56 Å². The number of hydrogen-bond donors (Lipinski definition) is 0. The van der Waals surface area contributed by atoms with Crippen molar-refractivity contribution in [2.24, 2.45) is 0 Å². The van der Waals surface area contributed by atoms with Gasteiger partial charge in [-0.25, -0.2) is 0 Å². The SMILES string of the molecule is Cc1cc(Cl)c(C#N)c(Cl)c1Cl. The molecule has 0 aliphatic heterocycles. The molecule has 0 atom stereocenters. The molecule has 0 amide bonds. The molecule has 0 unspecified atom stereocenters. The number of hydrogen-bond acceptors (Lipinski definition) is 1. The van der Waals surface area contributed by atoms with Gasteiger partial charge in [0.15, 0.2) is 0 Å². The maximum atomic E-state index is 8.64. The highest BCUT2D eigenvalue weighted by Gasteiger charge is 2.11. The van der Waals surface area contributed by atoms with Gasteiger partial charge < -0.3 is 0 Å². The highest BCUT2D eigenvalue weighted by molar-refractivity contribution is 6.44. The molecular weight excluding hydrogens is 216 g/mol. The van der Waals surface area contributed by atoms with Crippen molar-refractivity contribution >= 4 is 34.8 Å². The van der Waals surface area contributed by atoms with E-state index in [4.69, 9.17) is 40.1 Å². The van der Waals surface area contributed by atoms with Gasteiger partial charge in [-0.05, 0) is 18.6 Å². The van der Waals surface area contributed by atoms with Crippen molar-refractivity contribution < 1.29 is 0 Å². The van der Waals surface area contributed by atoms with E-state index in [0.29, 0.717) is 10.0 Å². The predicted octanol–water partition coefficient (Wildman–Crippen LogP) is 3.83. The van der Waals surface area contributed by atoms with Crippen LogP contribution in [0.3, 0.4) is 0 Å². The van der Waals surface area contributed by atoms with Crippen molar-refractivity contribution in [1.82, 2.24) is 0 Å². The number of benzene rings is 1. The minimum absolute atomic E-state index is 0.226. The number of halogens is 3. The summed E-state index contributed by atoms with van der Waals surface area (Å²) < 4.78 is 0. The number of rotatable bonds is 0. The molecule has 0 bridgehead atoms. The highest BCUT2D eigenvalue weighted by atomic mass is 35.5. The van der Waals surface area contributed by atoms with E-state index in [9.17, 15) is 0 Å². The first-order chi connectivity index (χ1) is 5.57. The standard InChI is InChI=1S/C8H4Cl3N/c1-4-2-6(9)5(3-12)8(11)7(4)10/h2H,1H3. The van der Waals surface area contributed by atoms with Crippen LogP contribution in [0, 0.1) is 18.3 Å². The smallest absolute Gasteiger partial charge is 0.102 e. The van der Waals surface area contributed by atoms with Crippen molar-refractivity contribution in [2.75, 3.05) is 0 Å². The lowest BCUT2D eigenvalue weighted by Gasteiger charge is -2.03. The molecule has 0 N–H and O–H groups in total. The van der Waals surface area contributed by atoms with E-state index in [2.05, 4.69) is 0 Å². The van der Waals surface area contributed by atoms with Crippen LogP contribution < -0.4 is 0 Å². The van der Waals surface area contributed by atoms with Gasteiger partial charge in [-0.1, -0.05) is 34.8 Å². The third kappa shape index (κ3) is 1.51. The summed E-state index contributed by atoms with van der Waals surface area (Å²) in [7, 11) is 0. The summed E-state index contributed by atoms with van der Waals surface area (Å²) in [5.41, 5.74) is 1.000. The van der Waals surface area contributed by atoms with Gasteiger partial charge in [-0.15, -0.1) is 0 Å². The Morgan fingerprint density at radius 1 is 1.25 bits per heavy atom. The molecule has 0 aromatic heterocycles. The molecule has 62 valence electrons. The van der Waals surface area contributed by atoms with Gasteiger partial charge in [0.1, 0.15) is 6.07 Å². The fraction of sp³-hybridized carbons (Fsp3) is 0.125. The zero-order valence-corrected chi connectivity index (χ0v) is 8.43. The van der Waals surface area contributed by atoms with E-state index >= 15 is 0 Å². The van der Waals surface area contributed by atoms with Crippen LogP contribution in [0.5, 0.6) is 0 Å². The Bertz CT molecular complexity index is 366. The average molecular weight is 220 g/mol. The van der Waals surface area contributed by atoms with Crippen LogP contribution in [0.2, 0.25) is 15.1 Å². The molecular formula is C8H4Cl3N. The van der Waals surface area contributed by atoms with E-state index in [1.165, 1.54) is 0 Å². The normalized spacial score (nSPS) is 9.58. The van der Waals surface area contributed by atoms with Crippen molar-refractivity contribution in [1.29, 1.82) is 5.26 Å². The molecule has 1 aromatic carbocycles. The van der Waals surface area contributed by atoms with E-state index < -0.39 is 0 Å². The lowest BCUT2D eigenvalue weighted by molar-refractivity contribution is 1.43. The molecule has 0 aliphatic rings. The minimum atomic E-state index is 0.226. The van der Waals surface area contributed by atoms with Gasteiger partial charge in [0.05, 0.1) is 20.6 Å². The number of aryl methyl sites for hydroxylation is 1. The number of nitrogens with zero attached hydrogens (tertiary/aromatic N) is 1. The lowest BCUT2D eigenvalue weighted by Crippen LogP contribution is -1.84. The first-order valence-electron chi connectivity index (χ1n) is 3.12. The van der Waals surface area contributed by atoms with Crippen molar-refractivity contribution in [3.05, 3.63) is 32.3 Å². The molecule has 0 radical (unpaired) electrons. The summed E-state index contributed by atoms with van der Waals surface area (Å²) >= 11 is 17.3. The summed E-state index contributed by atoms with van der Waals surface area (Å²) in [6.45, 7) is 1.78. The van der Waals surface area contributed by atoms with E-state index in [1.54, 1.807) is 13.0 Å². The molecule has 0 saturated heterocycles. The van der Waals surface area contributed by atoms with Gasteiger partial charge in [0, 0.05) is 0 Å². The van der Waals surface area contributed by atoms with Crippen molar-refractivity contribution in [2.45, 2.75) is 6.92 Å². The third-order valence-corrected chi connectivity index (χ3v) is 2.71. The summed E-state index contributed by atoms with van der Waals surface area (Å²) in [4.78, 5) is 0. The second-order valence-corrected chi connectivity index (χ2v) is 3.45. The quantitative estimate of drug-likeness (QED) is 0.610. The Morgan fingerprint density at radius 3 is 2.33 bits per heavy atom. The molecule has 1 rings (SSSR count). The van der Waals surface area contributed by atoms with Crippen LogP contribution in [-0.4, -0.2) is 0 Å². The van der Waals surface area contributed by atoms with Crippen LogP contribution in [0.4, 0.5) is 0 Å². The molecule has 1 aromatic rings. The lowest BCUT2D eigenvalue weighted by atomic mass is 10.1. The summed E-state index contributed by atoms with van der Waals surface area (Å²) in [5, 5.41) is 9.59. The van der Waals surface area contributed by atoms with Gasteiger partial charge in [-0.3, -0.25) is 0 Å². The molecule has 0 spiro atoms. The van der Waals surface area contributed by atoms with Crippen LogP contribution in [-0.2, 0) is 0 Å². The summed E-state index contributed by atoms with van der Waals surface area (Å²) in [5.74, 6) is 0. The molecule has 12 heavy (non-hydrogen) atoms. The fourth-order valence-electron chi connectivity index (χ4n) is 0.816. The Morgan fingerprint density at radius 2 is 1.83 bits per heavy atom. The first-order valence-corrected chi connectivity index (χ1v) is 4.25. The van der Waals surface area contributed by atoms with Crippen LogP contribution in [0.15, 0.2) is 6.07 Å². The zero-order chi connectivity index (χ0) is 9.30. The van der Waals surface area contributed by atoms with Crippen LogP contribution >= 0.6 is 34.8 Å². The minimum Gasteiger partial charge on any atom is -0.192 e. The van der Waals surface area contributed by atoms with E-state index in [-0.39, 0.29) is 10.6 Å². The second-order valence-electron chi connectivity index (χ2n) is 2.29. The molecule has 0 aliphatic carbocycles. The highest BCUT2D eigenvalue weighted by Crippen LogP contribution is 2.33. The van der Waals surface area contributed by atoms with Gasteiger partial charge >= 0.3 is 0 Å². The average Bonchev–Trinajstić information content (AvgIpc) is 2.01. The molecule has 0 heterocycles. The predicted molar refractivity (Wildman–Crippen MR) is 50.9 cm³/mol. The van der Waals surface area contributed by atoms with Crippen LogP contribution in [0.1, 0.15) is 11.1 Å². The van der Waals surface area contributed by atoms with Crippen molar-refractivity contribution in [3.8, 4) is 6.07 Å². The molecule has 4 heteroatoms. The first kappa shape index (κ1) is 9.67. The van der Waals surface area contributed by atoms with Gasteiger partial charge in [-0.2, -0.15) is 5.26 Å². The Labute approximate surface area is 85.5 Å². The molecule has 1 nitrogen and oxygen atoms in total. The maximum absolute atomic E-state index is 8.64. The maximum Gasteiger partial charge on any atom is 0.102 e. The third-order valence-electron chi connectivity index (χ3n) is 1.45. The van der Waals surface area contributed by atoms with Crippen molar-refractivity contribution in [3.63, 3.8) is 0 Å². The van der Waals surface area contributed by atoms with Gasteiger partial charge in [0.2, 0.25) is 0 Å². The summed E-state index contributed by atoms with van der Waals surface area (Å²) in [6.07, 6.45) is 0. The Hall–Kier alpha value is -0.420. The largest absolute Gasteiger partial charge is 0.192 e. The van der Waals surface area contributed by atoms with Crippen LogP contribution in [0.25, 0.3) is 0 Å².